The molecule has 0 bridgehead atoms. The lowest BCUT2D eigenvalue weighted by molar-refractivity contribution is 0.0600. The number of hydrogen-bond donors (Lipinski definition) is 2. The fraction of sp³-hybridized carbons (Fsp3) is 0.250. The monoisotopic (exact) mass is 433 g/mol. The third kappa shape index (κ3) is 3.82. The van der Waals surface area contributed by atoms with Gasteiger partial charge in [0.1, 0.15) is 11.2 Å². The molecule has 2 aromatic carbocycles. The number of thiophene rings is 1. The first kappa shape index (κ1) is 19.8. The van der Waals surface area contributed by atoms with E-state index in [9.17, 15) is 9.59 Å². The van der Waals surface area contributed by atoms with E-state index < -0.39 is 0 Å². The van der Waals surface area contributed by atoms with Gasteiger partial charge in [0.05, 0.1) is 18.2 Å². The van der Waals surface area contributed by atoms with Crippen LogP contribution in [0.1, 0.15) is 48.4 Å². The number of ether oxygens (including phenoxy) is 1. The molecule has 0 saturated heterocycles. The minimum atomic E-state index is -0.375. The van der Waals surface area contributed by atoms with Crippen LogP contribution in [-0.4, -0.2) is 30.4 Å². The number of carbonyl (C=O) groups excluding carboxylic acids is 2. The highest BCUT2D eigenvalue weighted by Crippen LogP contribution is 2.41. The van der Waals surface area contributed by atoms with Gasteiger partial charge in [0, 0.05) is 24.5 Å². The Morgan fingerprint density at radius 1 is 1.13 bits per heavy atom. The molecule has 1 unspecified atom stereocenters. The average Bonchev–Trinajstić information content (AvgIpc) is 3.17. The number of fused-ring (bicyclic) bond motifs is 3. The van der Waals surface area contributed by atoms with Crippen molar-refractivity contribution in [3.05, 3.63) is 87.3 Å². The van der Waals surface area contributed by atoms with Crippen LogP contribution in [-0.2, 0) is 24.2 Å². The van der Waals surface area contributed by atoms with Crippen molar-refractivity contribution in [2.24, 2.45) is 0 Å². The quantitative estimate of drug-likeness (QED) is 0.610. The van der Waals surface area contributed by atoms with E-state index in [1.165, 1.54) is 23.1 Å². The topological polar surface area (TPSA) is 70.7 Å². The van der Waals surface area contributed by atoms with Gasteiger partial charge in [0.15, 0.2) is 0 Å². The number of anilines is 1. The smallest absolute Gasteiger partial charge is 0.337 e. The van der Waals surface area contributed by atoms with Gasteiger partial charge in [-0.3, -0.25) is 9.69 Å². The Bertz CT molecular complexity index is 1120. The average molecular weight is 434 g/mol. The van der Waals surface area contributed by atoms with Gasteiger partial charge in [0.2, 0.25) is 0 Å². The number of esters is 1. The van der Waals surface area contributed by atoms with Crippen LogP contribution in [0.3, 0.4) is 0 Å². The fourth-order valence-corrected chi connectivity index (χ4v) is 5.56. The van der Waals surface area contributed by atoms with E-state index in [-0.39, 0.29) is 18.0 Å². The molecular formula is C24H23N3O3S. The number of rotatable bonds is 4. The molecule has 0 aliphatic carbocycles. The van der Waals surface area contributed by atoms with E-state index in [4.69, 9.17) is 4.74 Å². The summed E-state index contributed by atoms with van der Waals surface area (Å²) in [6.07, 6.45) is 0.550. The first-order valence-corrected chi connectivity index (χ1v) is 11.1. The zero-order valence-corrected chi connectivity index (χ0v) is 18.0. The minimum Gasteiger partial charge on any atom is -0.465 e. The van der Waals surface area contributed by atoms with Crippen molar-refractivity contribution in [2.75, 3.05) is 19.0 Å². The first-order valence-electron chi connectivity index (χ1n) is 10.3. The number of amides is 1. The lowest BCUT2D eigenvalue weighted by atomic mass is 9.99. The molecule has 0 spiro atoms. The van der Waals surface area contributed by atoms with Crippen LogP contribution in [0.5, 0.6) is 0 Å². The summed E-state index contributed by atoms with van der Waals surface area (Å²) in [5.41, 5.74) is 4.65. The first-order chi connectivity index (χ1) is 15.1. The maximum Gasteiger partial charge on any atom is 0.337 e. The number of nitrogens with one attached hydrogen (secondary N) is 2. The van der Waals surface area contributed by atoms with Crippen LogP contribution < -0.4 is 10.6 Å². The summed E-state index contributed by atoms with van der Waals surface area (Å²) in [7, 11) is 1.36. The Hall–Kier alpha value is -3.16. The van der Waals surface area contributed by atoms with Gasteiger partial charge in [-0.2, -0.15) is 0 Å². The number of methoxy groups -OCH3 is 1. The third-order valence-electron chi connectivity index (χ3n) is 5.83. The molecule has 0 saturated carbocycles. The highest BCUT2D eigenvalue weighted by molar-refractivity contribution is 7.16. The number of nitrogens with zero attached hydrogens (tertiary/aromatic N) is 1. The largest absolute Gasteiger partial charge is 0.465 e. The van der Waals surface area contributed by atoms with E-state index >= 15 is 0 Å². The molecule has 0 radical (unpaired) electrons. The lowest BCUT2D eigenvalue weighted by Gasteiger charge is -2.28. The summed E-state index contributed by atoms with van der Waals surface area (Å²) in [5, 5.41) is 7.47. The summed E-state index contributed by atoms with van der Waals surface area (Å²) in [5.74, 6) is -0.412. The molecule has 6 nitrogen and oxygen atoms in total. The van der Waals surface area contributed by atoms with Crippen LogP contribution in [0.25, 0.3) is 0 Å². The van der Waals surface area contributed by atoms with Gasteiger partial charge < -0.3 is 15.4 Å². The fourth-order valence-electron chi connectivity index (χ4n) is 4.24. The molecule has 3 heterocycles. The van der Waals surface area contributed by atoms with E-state index in [1.54, 1.807) is 23.5 Å². The summed E-state index contributed by atoms with van der Waals surface area (Å²) >= 11 is 1.68. The highest BCUT2D eigenvalue weighted by atomic mass is 32.1. The SMILES string of the molecule is COC(=O)c1ccc(C2NC(=O)c3c(sc4c3CCN(Cc3ccccc3)C4)N2)cc1. The molecule has 1 atom stereocenters. The Balaban J connectivity index is 1.34. The van der Waals surface area contributed by atoms with E-state index in [2.05, 4.69) is 39.8 Å². The second-order valence-corrected chi connectivity index (χ2v) is 8.92. The molecule has 158 valence electrons. The Kier molecular flexibility index (Phi) is 5.21. The molecule has 3 aromatic rings. The number of benzene rings is 2. The number of carbonyl (C=O) groups is 2. The zero-order chi connectivity index (χ0) is 21.4. The molecule has 31 heavy (non-hydrogen) atoms. The van der Waals surface area contributed by atoms with Gasteiger partial charge in [0.25, 0.3) is 5.91 Å². The maximum absolute atomic E-state index is 13.0. The molecule has 2 N–H and O–H groups in total. The van der Waals surface area contributed by atoms with Gasteiger partial charge in [-0.05, 0) is 35.2 Å². The molecule has 1 aromatic heterocycles. The second-order valence-electron chi connectivity index (χ2n) is 7.82. The van der Waals surface area contributed by atoms with E-state index in [1.807, 2.05) is 18.2 Å². The summed E-state index contributed by atoms with van der Waals surface area (Å²) in [4.78, 5) is 28.3. The van der Waals surface area contributed by atoms with Crippen LogP contribution in [0.4, 0.5) is 5.00 Å². The Morgan fingerprint density at radius 2 is 1.90 bits per heavy atom. The van der Waals surface area contributed by atoms with Crippen LogP contribution in [0.2, 0.25) is 0 Å². The van der Waals surface area contributed by atoms with Crippen molar-refractivity contribution in [1.29, 1.82) is 0 Å². The summed E-state index contributed by atoms with van der Waals surface area (Å²) in [6.45, 7) is 2.71. The van der Waals surface area contributed by atoms with Gasteiger partial charge in [-0.1, -0.05) is 42.5 Å². The van der Waals surface area contributed by atoms with Crippen LogP contribution in [0.15, 0.2) is 54.6 Å². The predicted molar refractivity (Wildman–Crippen MR) is 120 cm³/mol. The molecule has 7 heteroatoms. The predicted octanol–water partition coefficient (Wildman–Crippen LogP) is 3.95. The number of hydrogen-bond acceptors (Lipinski definition) is 6. The maximum atomic E-state index is 13.0. The van der Waals surface area contributed by atoms with Crippen LogP contribution in [0, 0.1) is 0 Å². The molecule has 5 rings (SSSR count). The lowest BCUT2D eigenvalue weighted by Crippen LogP contribution is -2.38. The summed E-state index contributed by atoms with van der Waals surface area (Å²) < 4.78 is 4.75. The van der Waals surface area contributed by atoms with Crippen molar-refractivity contribution in [3.8, 4) is 0 Å². The van der Waals surface area contributed by atoms with Crippen molar-refractivity contribution < 1.29 is 14.3 Å². The molecule has 2 aliphatic rings. The third-order valence-corrected chi connectivity index (χ3v) is 6.98. The van der Waals surface area contributed by atoms with Gasteiger partial charge in [-0.15, -0.1) is 11.3 Å². The normalized spacial score (nSPS) is 17.8. The highest BCUT2D eigenvalue weighted by Gasteiger charge is 2.33. The molecular weight excluding hydrogens is 410 g/mol. The molecule has 0 fully saturated rings. The van der Waals surface area contributed by atoms with Crippen molar-refractivity contribution in [3.63, 3.8) is 0 Å². The minimum absolute atomic E-state index is 0.0372. The van der Waals surface area contributed by atoms with Crippen molar-refractivity contribution in [1.82, 2.24) is 10.2 Å². The second kappa shape index (κ2) is 8.17. The van der Waals surface area contributed by atoms with Crippen molar-refractivity contribution in [2.45, 2.75) is 25.7 Å². The van der Waals surface area contributed by atoms with Gasteiger partial charge in [-0.25, -0.2) is 4.79 Å². The Morgan fingerprint density at radius 3 is 2.65 bits per heavy atom. The van der Waals surface area contributed by atoms with Gasteiger partial charge >= 0.3 is 5.97 Å². The summed E-state index contributed by atoms with van der Waals surface area (Å²) in [6, 6.07) is 17.6. The van der Waals surface area contributed by atoms with Crippen LogP contribution >= 0.6 is 11.3 Å². The van der Waals surface area contributed by atoms with Crippen molar-refractivity contribution >= 4 is 28.2 Å². The zero-order valence-electron chi connectivity index (χ0n) is 17.2. The molecule has 1 amide bonds. The van der Waals surface area contributed by atoms with E-state index in [0.29, 0.717) is 5.56 Å². The standard InChI is InChI=1S/C24H23N3O3S/c1-30-24(29)17-9-7-16(8-10-17)21-25-22(28)20-18-11-12-27(13-15-5-3-2-4-6-15)14-19(18)31-23(20)26-21/h2-10,21,26H,11-14H2,1H3,(H,25,28). The molecule has 2 aliphatic heterocycles. The Labute approximate surface area is 184 Å². The van der Waals surface area contributed by atoms with E-state index in [0.717, 1.165) is 42.2 Å².